The first-order chi connectivity index (χ1) is 13.9. The second kappa shape index (κ2) is 6.57. The molecule has 0 bridgehead atoms. The summed E-state index contributed by atoms with van der Waals surface area (Å²) in [5, 5.41) is 8.50. The fourth-order valence-electron chi connectivity index (χ4n) is 3.36. The Morgan fingerprint density at radius 3 is 2.52 bits per heavy atom. The number of carbonyl (C=O) groups is 1. The van der Waals surface area contributed by atoms with Crippen LogP contribution < -0.4 is 10.6 Å². The van der Waals surface area contributed by atoms with Crippen molar-refractivity contribution in [1.29, 1.82) is 0 Å². The molecule has 1 aliphatic heterocycles. The van der Waals surface area contributed by atoms with E-state index in [0.29, 0.717) is 26.4 Å². The molecule has 1 amide bonds. The van der Waals surface area contributed by atoms with Gasteiger partial charge in [0.2, 0.25) is 0 Å². The van der Waals surface area contributed by atoms with E-state index in [9.17, 15) is 18.0 Å². The van der Waals surface area contributed by atoms with Gasteiger partial charge in [0.15, 0.2) is 0 Å². The normalized spacial score (nSPS) is 16.4. The van der Waals surface area contributed by atoms with Crippen LogP contribution in [0.3, 0.4) is 0 Å². The number of fused-ring (bicyclic) bond motifs is 3. The molecule has 0 aliphatic carbocycles. The topological polar surface area (TPSA) is 54.0 Å². The number of aromatic nitrogens is 1. The van der Waals surface area contributed by atoms with Crippen LogP contribution in [-0.4, -0.2) is 10.9 Å². The SMILES string of the molecule is O=C1N[C@H](c2ccccc2)Nc2c1sc1nc(C(F)(F)F)cc(-c3cccs3)c21. The van der Waals surface area contributed by atoms with E-state index in [1.165, 1.54) is 11.3 Å². The quantitative estimate of drug-likeness (QED) is 0.416. The van der Waals surface area contributed by atoms with E-state index in [0.717, 1.165) is 23.0 Å². The predicted molar refractivity (Wildman–Crippen MR) is 108 cm³/mol. The number of carbonyl (C=O) groups excluding carboxylic acids is 1. The molecule has 1 aliphatic rings. The molecule has 4 nitrogen and oxygen atoms in total. The summed E-state index contributed by atoms with van der Waals surface area (Å²) < 4.78 is 40.3. The van der Waals surface area contributed by atoms with Gasteiger partial charge in [-0.15, -0.1) is 22.7 Å². The Morgan fingerprint density at radius 1 is 1.03 bits per heavy atom. The molecule has 0 unspecified atom stereocenters. The molecule has 1 atom stereocenters. The van der Waals surface area contributed by atoms with Gasteiger partial charge in [-0.05, 0) is 23.1 Å². The number of nitrogens with one attached hydrogen (secondary N) is 2. The maximum absolute atomic E-state index is 13.4. The second-order valence-corrected chi connectivity index (χ2v) is 8.42. The zero-order chi connectivity index (χ0) is 20.2. The first-order valence-electron chi connectivity index (χ1n) is 8.63. The second-order valence-electron chi connectivity index (χ2n) is 6.48. The van der Waals surface area contributed by atoms with Crippen molar-refractivity contribution in [3.63, 3.8) is 0 Å². The molecule has 4 aromatic rings. The Bertz CT molecular complexity index is 1220. The maximum Gasteiger partial charge on any atom is 0.433 e. The summed E-state index contributed by atoms with van der Waals surface area (Å²) in [6.45, 7) is 0. The zero-order valence-electron chi connectivity index (χ0n) is 14.6. The van der Waals surface area contributed by atoms with Gasteiger partial charge in [-0.1, -0.05) is 36.4 Å². The van der Waals surface area contributed by atoms with Crippen molar-refractivity contribution in [1.82, 2.24) is 10.3 Å². The van der Waals surface area contributed by atoms with Crippen LogP contribution in [0, 0.1) is 0 Å². The summed E-state index contributed by atoms with van der Waals surface area (Å²) >= 11 is 2.31. The third kappa shape index (κ3) is 3.06. The van der Waals surface area contributed by atoms with Crippen molar-refractivity contribution in [2.24, 2.45) is 0 Å². The van der Waals surface area contributed by atoms with E-state index in [1.54, 1.807) is 17.5 Å². The lowest BCUT2D eigenvalue weighted by Gasteiger charge is -2.26. The number of pyridine rings is 1. The van der Waals surface area contributed by atoms with Gasteiger partial charge in [-0.25, -0.2) is 4.98 Å². The molecule has 0 fully saturated rings. The third-order valence-electron chi connectivity index (χ3n) is 4.64. The number of alkyl halides is 3. The fraction of sp³-hybridized carbons (Fsp3) is 0.100. The van der Waals surface area contributed by atoms with Crippen LogP contribution in [0.5, 0.6) is 0 Å². The van der Waals surface area contributed by atoms with E-state index in [1.807, 2.05) is 30.3 Å². The predicted octanol–water partition coefficient (Wildman–Crippen LogP) is 5.90. The average Bonchev–Trinajstić information content (AvgIpc) is 3.35. The molecule has 3 aromatic heterocycles. The van der Waals surface area contributed by atoms with E-state index in [4.69, 9.17) is 0 Å². The molecule has 0 saturated carbocycles. The molecule has 1 aromatic carbocycles. The largest absolute Gasteiger partial charge is 0.433 e. The molecule has 9 heteroatoms. The van der Waals surface area contributed by atoms with E-state index < -0.39 is 18.0 Å². The molecular formula is C20H12F3N3OS2. The highest BCUT2D eigenvalue weighted by Crippen LogP contribution is 2.46. The molecule has 0 spiro atoms. The summed E-state index contributed by atoms with van der Waals surface area (Å²) in [5.74, 6) is -0.332. The molecule has 0 radical (unpaired) electrons. The molecule has 146 valence electrons. The highest BCUT2D eigenvalue weighted by atomic mass is 32.1. The van der Waals surface area contributed by atoms with Crippen molar-refractivity contribution >= 4 is 44.5 Å². The monoisotopic (exact) mass is 431 g/mol. The molecular weight excluding hydrogens is 419 g/mol. The molecule has 29 heavy (non-hydrogen) atoms. The third-order valence-corrected chi connectivity index (χ3v) is 6.63. The smallest absolute Gasteiger partial charge is 0.360 e. The maximum atomic E-state index is 13.4. The van der Waals surface area contributed by atoms with Crippen LogP contribution in [0.25, 0.3) is 20.7 Å². The van der Waals surface area contributed by atoms with Crippen LogP contribution in [0.4, 0.5) is 18.9 Å². The summed E-state index contributed by atoms with van der Waals surface area (Å²) in [6, 6.07) is 13.9. The number of anilines is 1. The van der Waals surface area contributed by atoms with E-state index >= 15 is 0 Å². The van der Waals surface area contributed by atoms with Gasteiger partial charge in [0.05, 0.1) is 5.69 Å². The number of nitrogens with zero attached hydrogens (tertiary/aromatic N) is 1. The fourth-order valence-corrected chi connectivity index (χ4v) is 5.17. The first-order valence-corrected chi connectivity index (χ1v) is 10.3. The molecule has 2 N–H and O–H groups in total. The number of halogens is 3. The Kier molecular flexibility index (Phi) is 4.11. The van der Waals surface area contributed by atoms with Crippen molar-refractivity contribution in [3.05, 3.63) is 70.0 Å². The van der Waals surface area contributed by atoms with E-state index in [2.05, 4.69) is 15.6 Å². The number of benzene rings is 1. The standard InChI is InChI=1S/C20H12F3N3OS2/c21-20(22,23)13-9-11(12-7-4-8-28-12)14-15-16(29-19(14)24-13)18(27)26-17(25-15)10-5-2-1-3-6-10/h1-9,17,25H,(H,26,27)/t17-/m1/s1. The van der Waals surface area contributed by atoms with E-state index in [-0.39, 0.29) is 10.7 Å². The lowest BCUT2D eigenvalue weighted by atomic mass is 10.0. The number of rotatable bonds is 2. The van der Waals surface area contributed by atoms with Gasteiger partial charge in [0, 0.05) is 15.8 Å². The Hall–Kier alpha value is -2.91. The van der Waals surface area contributed by atoms with Crippen LogP contribution in [0.2, 0.25) is 0 Å². The van der Waals surface area contributed by atoms with Gasteiger partial charge in [-0.2, -0.15) is 13.2 Å². The van der Waals surface area contributed by atoms with Gasteiger partial charge in [-0.3, -0.25) is 4.79 Å². The summed E-state index contributed by atoms with van der Waals surface area (Å²) in [7, 11) is 0. The average molecular weight is 431 g/mol. The molecule has 4 heterocycles. The highest BCUT2D eigenvalue weighted by molar-refractivity contribution is 7.21. The molecule has 0 saturated heterocycles. The number of amides is 1. The van der Waals surface area contributed by atoms with Crippen LogP contribution in [0.1, 0.15) is 27.1 Å². The minimum atomic E-state index is -4.58. The van der Waals surface area contributed by atoms with Crippen LogP contribution in [-0.2, 0) is 6.18 Å². The van der Waals surface area contributed by atoms with Crippen molar-refractivity contribution in [3.8, 4) is 10.4 Å². The number of thiophene rings is 2. The number of hydrogen-bond donors (Lipinski definition) is 2. The zero-order valence-corrected chi connectivity index (χ0v) is 16.2. The van der Waals surface area contributed by atoms with Crippen molar-refractivity contribution < 1.29 is 18.0 Å². The summed E-state index contributed by atoms with van der Waals surface area (Å²) in [6.07, 6.45) is -5.06. The minimum absolute atomic E-state index is 0.185. The summed E-state index contributed by atoms with van der Waals surface area (Å²) in [5.41, 5.74) is 0.825. The molecule has 5 rings (SSSR count). The highest BCUT2D eigenvalue weighted by Gasteiger charge is 2.36. The lowest BCUT2D eigenvalue weighted by Crippen LogP contribution is -2.37. The van der Waals surface area contributed by atoms with Crippen LogP contribution >= 0.6 is 22.7 Å². The Morgan fingerprint density at radius 2 is 1.83 bits per heavy atom. The Balaban J connectivity index is 1.75. The van der Waals surface area contributed by atoms with Crippen LogP contribution in [0.15, 0.2) is 53.9 Å². The summed E-state index contributed by atoms with van der Waals surface area (Å²) in [4.78, 5) is 17.8. The van der Waals surface area contributed by atoms with Gasteiger partial charge in [0.25, 0.3) is 5.91 Å². The first kappa shape index (κ1) is 18.1. The number of hydrogen-bond acceptors (Lipinski definition) is 5. The minimum Gasteiger partial charge on any atom is -0.360 e. The Labute approximate surface area is 171 Å². The van der Waals surface area contributed by atoms with Crippen molar-refractivity contribution in [2.75, 3.05) is 5.32 Å². The lowest BCUT2D eigenvalue weighted by molar-refractivity contribution is -0.140. The van der Waals surface area contributed by atoms with Gasteiger partial charge < -0.3 is 10.6 Å². The van der Waals surface area contributed by atoms with Crippen molar-refractivity contribution in [2.45, 2.75) is 12.3 Å². The van der Waals surface area contributed by atoms with Gasteiger partial charge >= 0.3 is 6.18 Å². The van der Waals surface area contributed by atoms with Gasteiger partial charge in [0.1, 0.15) is 21.6 Å².